The van der Waals surface area contributed by atoms with E-state index >= 15 is 0 Å². The van der Waals surface area contributed by atoms with Crippen molar-refractivity contribution in [1.82, 2.24) is 4.90 Å². The second kappa shape index (κ2) is 6.39. The summed E-state index contributed by atoms with van der Waals surface area (Å²) in [5.74, 6) is 0. The third kappa shape index (κ3) is 6.99. The molecule has 1 amide bonds. The van der Waals surface area contributed by atoms with Crippen LogP contribution in [-0.2, 0) is 14.2 Å². The Morgan fingerprint density at radius 2 is 1.86 bits per heavy atom. The van der Waals surface area contributed by atoms with Gasteiger partial charge in [0.1, 0.15) is 5.60 Å². The number of rotatable bonds is 4. The zero-order valence-corrected chi connectivity index (χ0v) is 12.7. The van der Waals surface area contributed by atoms with E-state index in [-0.39, 0.29) is 13.2 Å². The van der Waals surface area contributed by atoms with Crippen molar-refractivity contribution < 1.29 is 32.2 Å². The normalized spacial score (nSPS) is 23.5. The topological polar surface area (TPSA) is 48.0 Å². The van der Waals surface area contributed by atoms with Crippen LogP contribution < -0.4 is 0 Å². The van der Waals surface area contributed by atoms with Crippen molar-refractivity contribution in [3.8, 4) is 0 Å². The summed E-state index contributed by atoms with van der Waals surface area (Å²) in [4.78, 5) is 13.4. The molecule has 0 aromatic carbocycles. The average molecular weight is 313 g/mol. The summed E-state index contributed by atoms with van der Waals surface area (Å²) in [5.41, 5.74) is -1.26. The summed E-state index contributed by atoms with van der Waals surface area (Å²) in [6, 6.07) is 0. The van der Waals surface area contributed by atoms with Crippen molar-refractivity contribution in [1.29, 1.82) is 0 Å². The van der Waals surface area contributed by atoms with Gasteiger partial charge in [-0.25, -0.2) is 4.79 Å². The summed E-state index contributed by atoms with van der Waals surface area (Å²) in [6.07, 6.45) is -4.55. The van der Waals surface area contributed by atoms with Gasteiger partial charge < -0.3 is 14.4 Å². The molecule has 124 valence electrons. The first kappa shape index (κ1) is 18.0. The summed E-state index contributed by atoms with van der Waals surface area (Å²) in [7, 11) is 0. The first-order valence-corrected chi connectivity index (χ1v) is 6.73. The zero-order valence-electron chi connectivity index (χ0n) is 12.7. The maximum Gasteiger partial charge on any atom is 0.522 e. The number of carbonyl (C=O) groups excluding carboxylic acids is 1. The van der Waals surface area contributed by atoms with E-state index in [1.54, 1.807) is 27.7 Å². The minimum absolute atomic E-state index is 0.182. The molecule has 1 heterocycles. The third-order valence-electron chi connectivity index (χ3n) is 2.89. The van der Waals surface area contributed by atoms with E-state index in [2.05, 4.69) is 4.74 Å². The lowest BCUT2D eigenvalue weighted by Gasteiger charge is -2.27. The Bertz CT molecular complexity index is 367. The van der Waals surface area contributed by atoms with Crippen LogP contribution in [0.1, 0.15) is 34.1 Å². The van der Waals surface area contributed by atoms with Crippen LogP contribution in [0.2, 0.25) is 0 Å². The molecular formula is C13H22F3NO4. The van der Waals surface area contributed by atoms with E-state index < -0.39 is 30.3 Å². The summed E-state index contributed by atoms with van der Waals surface area (Å²) >= 11 is 0. The Hall–Kier alpha value is -1.02. The highest BCUT2D eigenvalue weighted by atomic mass is 19.4. The highest BCUT2D eigenvalue weighted by Crippen LogP contribution is 2.26. The Labute approximate surface area is 122 Å². The molecule has 1 aliphatic heterocycles. The monoisotopic (exact) mass is 313 g/mol. The molecule has 0 aliphatic carbocycles. The van der Waals surface area contributed by atoms with Gasteiger partial charge in [-0.3, -0.25) is 4.74 Å². The van der Waals surface area contributed by atoms with Gasteiger partial charge in [0.2, 0.25) is 0 Å². The molecule has 1 fully saturated rings. The Balaban J connectivity index is 2.36. The molecule has 0 radical (unpaired) electrons. The molecule has 0 aromatic rings. The van der Waals surface area contributed by atoms with Crippen LogP contribution in [0.15, 0.2) is 0 Å². The van der Waals surface area contributed by atoms with Gasteiger partial charge in [0.15, 0.2) is 0 Å². The summed E-state index contributed by atoms with van der Waals surface area (Å²) in [5, 5.41) is 0. The first-order chi connectivity index (χ1) is 9.40. The van der Waals surface area contributed by atoms with E-state index in [4.69, 9.17) is 9.47 Å². The lowest BCUT2D eigenvalue weighted by atomic mass is 10.1. The molecule has 0 N–H and O–H groups in total. The van der Waals surface area contributed by atoms with E-state index in [1.807, 2.05) is 0 Å². The second-order valence-corrected chi connectivity index (χ2v) is 6.24. The van der Waals surface area contributed by atoms with Crippen LogP contribution in [-0.4, -0.2) is 54.9 Å². The van der Waals surface area contributed by atoms with E-state index in [0.29, 0.717) is 13.0 Å². The molecule has 0 bridgehead atoms. The van der Waals surface area contributed by atoms with Gasteiger partial charge in [0, 0.05) is 6.54 Å². The van der Waals surface area contributed by atoms with Gasteiger partial charge in [-0.15, -0.1) is 13.2 Å². The van der Waals surface area contributed by atoms with Crippen LogP contribution in [0.25, 0.3) is 0 Å². The van der Waals surface area contributed by atoms with E-state index in [1.165, 1.54) is 4.90 Å². The molecule has 1 rings (SSSR count). The van der Waals surface area contributed by atoms with Crippen LogP contribution in [0, 0.1) is 0 Å². The summed E-state index contributed by atoms with van der Waals surface area (Å²) < 4.78 is 49.8. The highest BCUT2D eigenvalue weighted by Gasteiger charge is 2.39. The number of likely N-dealkylation sites (tertiary alicyclic amines) is 1. The lowest BCUT2D eigenvalue weighted by Crippen LogP contribution is -2.39. The van der Waals surface area contributed by atoms with Gasteiger partial charge in [-0.05, 0) is 34.1 Å². The molecule has 0 aromatic heterocycles. The standard InChI is InChI=1S/C13H22F3NO4/c1-11(2,3)21-10(18)17-6-5-12(4,9-17)19-7-8-20-13(14,15)16/h5-9H2,1-4H3. The number of halogens is 3. The molecule has 8 heteroatoms. The van der Waals surface area contributed by atoms with Crippen molar-refractivity contribution in [2.24, 2.45) is 0 Å². The Kier molecular flexibility index (Phi) is 5.49. The molecule has 21 heavy (non-hydrogen) atoms. The van der Waals surface area contributed by atoms with Crippen LogP contribution >= 0.6 is 0 Å². The molecule has 1 unspecified atom stereocenters. The molecule has 1 aliphatic rings. The van der Waals surface area contributed by atoms with Crippen LogP contribution in [0.3, 0.4) is 0 Å². The number of carbonyl (C=O) groups is 1. The Morgan fingerprint density at radius 1 is 1.24 bits per heavy atom. The highest BCUT2D eigenvalue weighted by molar-refractivity contribution is 5.68. The fraction of sp³-hybridized carbons (Fsp3) is 0.923. The average Bonchev–Trinajstić information content (AvgIpc) is 2.65. The minimum atomic E-state index is -4.65. The summed E-state index contributed by atoms with van der Waals surface area (Å²) in [6.45, 7) is 7.05. The van der Waals surface area contributed by atoms with Crippen LogP contribution in [0.4, 0.5) is 18.0 Å². The maximum absolute atomic E-state index is 11.9. The van der Waals surface area contributed by atoms with Gasteiger partial charge in [0.25, 0.3) is 0 Å². The Morgan fingerprint density at radius 3 is 2.38 bits per heavy atom. The van der Waals surface area contributed by atoms with Crippen molar-refractivity contribution in [3.05, 3.63) is 0 Å². The van der Waals surface area contributed by atoms with Crippen molar-refractivity contribution >= 4 is 6.09 Å². The van der Waals surface area contributed by atoms with E-state index in [0.717, 1.165) is 0 Å². The number of hydrogen-bond acceptors (Lipinski definition) is 4. The number of hydrogen-bond donors (Lipinski definition) is 0. The smallest absolute Gasteiger partial charge is 0.444 e. The number of alkyl halides is 3. The number of ether oxygens (including phenoxy) is 3. The lowest BCUT2D eigenvalue weighted by molar-refractivity contribution is -0.328. The predicted molar refractivity (Wildman–Crippen MR) is 68.8 cm³/mol. The fourth-order valence-corrected chi connectivity index (χ4v) is 1.98. The molecule has 1 saturated heterocycles. The van der Waals surface area contributed by atoms with Crippen molar-refractivity contribution in [3.63, 3.8) is 0 Å². The third-order valence-corrected chi connectivity index (χ3v) is 2.89. The van der Waals surface area contributed by atoms with Crippen molar-refractivity contribution in [2.75, 3.05) is 26.3 Å². The van der Waals surface area contributed by atoms with Gasteiger partial charge >= 0.3 is 12.5 Å². The fourth-order valence-electron chi connectivity index (χ4n) is 1.98. The van der Waals surface area contributed by atoms with E-state index in [9.17, 15) is 18.0 Å². The SMILES string of the molecule is CC(C)(C)OC(=O)N1CCC(C)(OCCOC(F)(F)F)C1. The molecule has 5 nitrogen and oxygen atoms in total. The number of amides is 1. The van der Waals surface area contributed by atoms with Crippen molar-refractivity contribution in [2.45, 2.75) is 51.7 Å². The van der Waals surface area contributed by atoms with Gasteiger partial charge in [0.05, 0.1) is 25.4 Å². The number of nitrogens with zero attached hydrogens (tertiary/aromatic N) is 1. The van der Waals surface area contributed by atoms with Gasteiger partial charge in [-0.2, -0.15) is 0 Å². The molecule has 0 saturated carbocycles. The predicted octanol–water partition coefficient (Wildman–Crippen LogP) is 2.94. The second-order valence-electron chi connectivity index (χ2n) is 6.24. The quantitative estimate of drug-likeness (QED) is 0.749. The molecule has 0 spiro atoms. The largest absolute Gasteiger partial charge is 0.522 e. The minimum Gasteiger partial charge on any atom is -0.444 e. The first-order valence-electron chi connectivity index (χ1n) is 6.73. The molecular weight excluding hydrogens is 291 g/mol. The maximum atomic E-state index is 11.9. The molecule has 1 atom stereocenters. The van der Waals surface area contributed by atoms with Gasteiger partial charge in [-0.1, -0.05) is 0 Å². The zero-order chi connectivity index (χ0) is 16.3. The van der Waals surface area contributed by atoms with Crippen LogP contribution in [0.5, 0.6) is 0 Å².